The van der Waals surface area contributed by atoms with Crippen LogP contribution in [-0.2, 0) is 17.8 Å². The molecule has 1 amide bonds. The van der Waals surface area contributed by atoms with Crippen LogP contribution in [-0.4, -0.2) is 17.0 Å². The molecule has 0 aliphatic heterocycles. The van der Waals surface area contributed by atoms with Crippen molar-refractivity contribution < 1.29 is 4.79 Å². The summed E-state index contributed by atoms with van der Waals surface area (Å²) in [7, 11) is 0. The Morgan fingerprint density at radius 1 is 1.05 bits per heavy atom. The summed E-state index contributed by atoms with van der Waals surface area (Å²) in [5, 5.41) is 2.83. The molecule has 1 N–H and O–H groups in total. The van der Waals surface area contributed by atoms with Crippen molar-refractivity contribution in [1.29, 1.82) is 0 Å². The normalized spacial score (nSPS) is 10.2. The lowest BCUT2D eigenvalue weighted by Gasteiger charge is -2.07. The van der Waals surface area contributed by atoms with Crippen molar-refractivity contribution in [2.75, 3.05) is 6.54 Å². The summed E-state index contributed by atoms with van der Waals surface area (Å²) in [4.78, 5) is 23.2. The Kier molecular flexibility index (Phi) is 5.12. The van der Waals surface area contributed by atoms with Crippen LogP contribution in [0.25, 0.3) is 0 Å². The molecule has 2 rings (SSSR count). The van der Waals surface area contributed by atoms with Crippen LogP contribution in [0.5, 0.6) is 0 Å². The summed E-state index contributed by atoms with van der Waals surface area (Å²) < 4.78 is 1.40. The second-order valence-electron chi connectivity index (χ2n) is 4.61. The highest BCUT2D eigenvalue weighted by Gasteiger charge is 2.02. The fourth-order valence-corrected chi connectivity index (χ4v) is 1.97. The van der Waals surface area contributed by atoms with Gasteiger partial charge in [0.2, 0.25) is 5.91 Å². The third-order valence-electron chi connectivity index (χ3n) is 3.02. The summed E-state index contributed by atoms with van der Waals surface area (Å²) in [5.41, 5.74) is 1.10. The summed E-state index contributed by atoms with van der Waals surface area (Å²) in [6.07, 6.45) is 3.44. The maximum atomic E-state index is 11.7. The minimum Gasteiger partial charge on any atom is -0.355 e. The van der Waals surface area contributed by atoms with Crippen LogP contribution in [0.1, 0.15) is 12.0 Å². The molecule has 0 fully saturated rings. The largest absolute Gasteiger partial charge is 0.355 e. The number of nitrogens with one attached hydrogen (secondary N) is 1. The number of rotatable bonds is 6. The predicted molar refractivity (Wildman–Crippen MR) is 78.5 cm³/mol. The van der Waals surface area contributed by atoms with E-state index in [9.17, 15) is 9.59 Å². The first-order valence-electron chi connectivity index (χ1n) is 6.72. The Bertz CT molecular complexity index is 605. The Morgan fingerprint density at radius 2 is 1.80 bits per heavy atom. The van der Waals surface area contributed by atoms with E-state index in [1.807, 2.05) is 18.2 Å². The number of amides is 1. The number of nitrogens with zero attached hydrogens (tertiary/aromatic N) is 1. The molecule has 2 aromatic rings. The number of carbonyl (C=O) groups is 1. The number of aryl methyl sites for hydroxylation is 1. The van der Waals surface area contributed by atoms with Crippen LogP contribution >= 0.6 is 0 Å². The van der Waals surface area contributed by atoms with Crippen LogP contribution < -0.4 is 10.9 Å². The first-order chi connectivity index (χ1) is 9.75. The van der Waals surface area contributed by atoms with Gasteiger partial charge in [-0.3, -0.25) is 9.59 Å². The number of carbonyl (C=O) groups excluding carboxylic acids is 1. The van der Waals surface area contributed by atoms with Gasteiger partial charge < -0.3 is 9.88 Å². The Labute approximate surface area is 118 Å². The molecule has 4 heteroatoms. The van der Waals surface area contributed by atoms with Crippen molar-refractivity contribution in [2.45, 2.75) is 19.4 Å². The number of aromatic nitrogens is 1. The molecule has 0 radical (unpaired) electrons. The van der Waals surface area contributed by atoms with E-state index in [1.165, 1.54) is 16.2 Å². The molecule has 1 aromatic heterocycles. The van der Waals surface area contributed by atoms with Crippen molar-refractivity contribution in [3.63, 3.8) is 0 Å². The average molecular weight is 270 g/mol. The van der Waals surface area contributed by atoms with Crippen molar-refractivity contribution in [3.8, 4) is 0 Å². The zero-order valence-corrected chi connectivity index (χ0v) is 11.3. The fourth-order valence-electron chi connectivity index (χ4n) is 1.97. The van der Waals surface area contributed by atoms with E-state index in [-0.39, 0.29) is 18.0 Å². The molecule has 4 nitrogen and oxygen atoms in total. The molecule has 0 aliphatic carbocycles. The van der Waals surface area contributed by atoms with Crippen LogP contribution in [0.15, 0.2) is 59.5 Å². The summed E-state index contributed by atoms with van der Waals surface area (Å²) in [6, 6.07) is 15.0. The molecular weight excluding hydrogens is 252 g/mol. The summed E-state index contributed by atoms with van der Waals surface area (Å²) in [5.74, 6) is -0.133. The minimum atomic E-state index is -0.160. The summed E-state index contributed by atoms with van der Waals surface area (Å²) in [6.45, 7) is 0.695. The van der Waals surface area contributed by atoms with Crippen molar-refractivity contribution in [2.24, 2.45) is 0 Å². The Balaban J connectivity index is 1.71. The van der Waals surface area contributed by atoms with E-state index >= 15 is 0 Å². The molecular formula is C16H18N2O2. The molecule has 20 heavy (non-hydrogen) atoms. The monoisotopic (exact) mass is 270 g/mol. The van der Waals surface area contributed by atoms with Crippen LogP contribution in [0.2, 0.25) is 0 Å². The van der Waals surface area contributed by atoms with Gasteiger partial charge in [0.1, 0.15) is 6.54 Å². The highest BCUT2D eigenvalue weighted by molar-refractivity contribution is 5.75. The second kappa shape index (κ2) is 7.28. The molecule has 104 valence electrons. The Hall–Kier alpha value is -2.36. The smallest absolute Gasteiger partial charge is 0.250 e. The number of hydrogen-bond acceptors (Lipinski definition) is 2. The van der Waals surface area contributed by atoms with E-state index in [2.05, 4.69) is 17.4 Å². The predicted octanol–water partition coefficient (Wildman–Crippen LogP) is 1.60. The van der Waals surface area contributed by atoms with Crippen LogP contribution in [0.4, 0.5) is 0 Å². The zero-order chi connectivity index (χ0) is 14.2. The summed E-state index contributed by atoms with van der Waals surface area (Å²) >= 11 is 0. The van der Waals surface area contributed by atoms with Crippen molar-refractivity contribution in [1.82, 2.24) is 9.88 Å². The highest BCUT2D eigenvalue weighted by Crippen LogP contribution is 2.01. The van der Waals surface area contributed by atoms with Crippen molar-refractivity contribution in [3.05, 3.63) is 70.6 Å². The molecule has 1 heterocycles. The molecule has 0 aliphatic rings. The Morgan fingerprint density at radius 3 is 2.55 bits per heavy atom. The van der Waals surface area contributed by atoms with Gasteiger partial charge in [0, 0.05) is 18.8 Å². The molecule has 0 spiro atoms. The molecule has 0 atom stereocenters. The van der Waals surface area contributed by atoms with Gasteiger partial charge in [-0.25, -0.2) is 0 Å². The van der Waals surface area contributed by atoms with Gasteiger partial charge in [0.05, 0.1) is 0 Å². The highest BCUT2D eigenvalue weighted by atomic mass is 16.2. The number of benzene rings is 1. The lowest BCUT2D eigenvalue weighted by atomic mass is 10.1. The van der Waals surface area contributed by atoms with E-state index in [0.717, 1.165) is 12.8 Å². The molecule has 0 saturated heterocycles. The van der Waals surface area contributed by atoms with E-state index in [4.69, 9.17) is 0 Å². The van der Waals surface area contributed by atoms with Gasteiger partial charge in [0.15, 0.2) is 0 Å². The fraction of sp³-hybridized carbons (Fsp3) is 0.250. The maximum absolute atomic E-state index is 11.7. The maximum Gasteiger partial charge on any atom is 0.250 e. The molecule has 0 saturated carbocycles. The minimum absolute atomic E-state index is 0.0744. The number of pyridine rings is 1. The van der Waals surface area contributed by atoms with Crippen LogP contribution in [0.3, 0.4) is 0 Å². The van der Waals surface area contributed by atoms with Crippen LogP contribution in [0, 0.1) is 0 Å². The molecule has 1 aromatic carbocycles. The zero-order valence-electron chi connectivity index (χ0n) is 11.3. The third kappa shape index (κ3) is 4.39. The second-order valence-corrected chi connectivity index (χ2v) is 4.61. The van der Waals surface area contributed by atoms with Gasteiger partial charge in [-0.2, -0.15) is 0 Å². The van der Waals surface area contributed by atoms with Crippen molar-refractivity contribution >= 4 is 5.91 Å². The van der Waals surface area contributed by atoms with Gasteiger partial charge in [0.25, 0.3) is 5.56 Å². The SMILES string of the molecule is O=C(Cn1ccccc1=O)NCCCc1ccccc1. The van der Waals surface area contributed by atoms with Gasteiger partial charge in [-0.1, -0.05) is 36.4 Å². The standard InChI is InChI=1S/C16H18N2O2/c19-15(13-18-12-5-4-10-16(18)20)17-11-6-9-14-7-2-1-3-8-14/h1-5,7-8,10,12H,6,9,11,13H2,(H,17,19). The number of hydrogen-bond donors (Lipinski definition) is 1. The quantitative estimate of drug-likeness (QED) is 0.811. The third-order valence-corrected chi connectivity index (χ3v) is 3.02. The average Bonchev–Trinajstić information content (AvgIpc) is 2.47. The lowest BCUT2D eigenvalue weighted by molar-refractivity contribution is -0.121. The molecule has 0 bridgehead atoms. The van der Waals surface area contributed by atoms with Gasteiger partial charge >= 0.3 is 0 Å². The first-order valence-corrected chi connectivity index (χ1v) is 6.72. The lowest BCUT2D eigenvalue weighted by Crippen LogP contribution is -2.32. The topological polar surface area (TPSA) is 51.1 Å². The first kappa shape index (κ1) is 14.1. The molecule has 0 unspecified atom stereocenters. The van der Waals surface area contributed by atoms with Gasteiger partial charge in [-0.15, -0.1) is 0 Å². The van der Waals surface area contributed by atoms with E-state index < -0.39 is 0 Å². The van der Waals surface area contributed by atoms with Gasteiger partial charge in [-0.05, 0) is 24.5 Å². The van der Waals surface area contributed by atoms with E-state index in [1.54, 1.807) is 18.3 Å². The van der Waals surface area contributed by atoms with E-state index in [0.29, 0.717) is 6.54 Å².